The first-order valence-electron chi connectivity index (χ1n) is 3.75. The molecule has 0 saturated heterocycles. The third-order valence-corrected chi connectivity index (χ3v) is 3.21. The molecule has 0 amide bonds. The average molecular weight is 268 g/mol. The largest absolute Gasteiger partial charge is 0.461 e. The van der Waals surface area contributed by atoms with Gasteiger partial charge in [0.05, 0.1) is 0 Å². The van der Waals surface area contributed by atoms with Crippen LogP contribution in [0.3, 0.4) is 0 Å². The molecule has 1 aliphatic carbocycles. The number of rotatable bonds is 1. The number of carbonyl (C=O) groups is 1. The highest BCUT2D eigenvalue weighted by Gasteiger charge is 2.48. The Morgan fingerprint density at radius 1 is 1.64 bits per heavy atom. The third-order valence-electron chi connectivity index (χ3n) is 2.11. The van der Waals surface area contributed by atoms with Crippen LogP contribution in [0.4, 0.5) is 0 Å². The second kappa shape index (κ2) is 2.92. The van der Waals surface area contributed by atoms with E-state index in [4.69, 9.17) is 4.74 Å². The van der Waals surface area contributed by atoms with Crippen molar-refractivity contribution in [3.8, 4) is 0 Å². The summed E-state index contributed by atoms with van der Waals surface area (Å²) in [6.07, 6.45) is 1.27. The normalized spacial score (nSPS) is 34.2. The number of esters is 1. The Kier molecular flexibility index (Phi) is 2.46. The van der Waals surface area contributed by atoms with E-state index in [-0.39, 0.29) is 17.5 Å². The lowest BCUT2D eigenvalue weighted by Crippen LogP contribution is -2.51. The lowest BCUT2D eigenvalue weighted by atomic mass is 9.69. The third kappa shape index (κ3) is 1.86. The molecule has 0 spiro atoms. The predicted octanol–water partition coefficient (Wildman–Crippen LogP) is 2.15. The van der Waals surface area contributed by atoms with Crippen molar-refractivity contribution in [3.63, 3.8) is 0 Å². The molecule has 0 aliphatic heterocycles. The van der Waals surface area contributed by atoms with Gasteiger partial charge in [0, 0.05) is 16.3 Å². The van der Waals surface area contributed by atoms with Crippen LogP contribution in [-0.4, -0.2) is 16.0 Å². The Morgan fingerprint density at radius 3 is 2.36 bits per heavy atom. The highest BCUT2D eigenvalue weighted by Crippen LogP contribution is 2.46. The van der Waals surface area contributed by atoms with Gasteiger partial charge >= 0.3 is 5.97 Å². The van der Waals surface area contributed by atoms with Gasteiger partial charge in [-0.05, 0) is 6.42 Å². The summed E-state index contributed by atoms with van der Waals surface area (Å²) in [6, 6.07) is 0. The van der Waals surface area contributed by atoms with E-state index in [0.717, 1.165) is 6.42 Å². The predicted molar refractivity (Wildman–Crippen MR) is 51.8 cm³/mol. The van der Waals surface area contributed by atoms with Gasteiger partial charge in [-0.15, -0.1) is 0 Å². The van der Waals surface area contributed by atoms with Crippen LogP contribution in [0.2, 0.25) is 0 Å². The molecule has 0 radical (unpaired) electrons. The lowest BCUT2D eigenvalue weighted by molar-refractivity contribution is -0.160. The number of carbonyl (C=O) groups excluding carboxylic acids is 1. The minimum atomic E-state index is -0.163. The summed E-state index contributed by atoms with van der Waals surface area (Å²) in [5.74, 6) is -0.163. The van der Waals surface area contributed by atoms with Crippen molar-refractivity contribution < 1.29 is 9.53 Å². The van der Waals surface area contributed by atoms with Crippen molar-refractivity contribution in [2.45, 2.75) is 37.2 Å². The Morgan fingerprint density at radius 2 is 2.18 bits per heavy atom. The smallest absolute Gasteiger partial charge is 0.302 e. The molecular formula is C8H13IO2. The summed E-state index contributed by atoms with van der Waals surface area (Å²) < 4.78 is 5.67. The van der Waals surface area contributed by atoms with E-state index in [0.29, 0.717) is 3.92 Å². The van der Waals surface area contributed by atoms with Gasteiger partial charge in [-0.25, -0.2) is 0 Å². The number of alkyl halides is 1. The molecule has 1 aliphatic rings. The molecule has 0 bridgehead atoms. The zero-order valence-corrected chi connectivity index (χ0v) is 9.21. The number of hydrogen-bond donors (Lipinski definition) is 0. The van der Waals surface area contributed by atoms with Crippen LogP contribution in [0.5, 0.6) is 0 Å². The SMILES string of the molecule is CC(=O)OC1C(I)CC1(C)C. The topological polar surface area (TPSA) is 26.3 Å². The summed E-state index contributed by atoms with van der Waals surface area (Å²) in [4.78, 5) is 10.7. The van der Waals surface area contributed by atoms with Gasteiger partial charge in [0.1, 0.15) is 6.10 Å². The Bertz CT molecular complexity index is 177. The first kappa shape index (κ1) is 9.29. The molecule has 1 fully saturated rings. The van der Waals surface area contributed by atoms with Crippen LogP contribution >= 0.6 is 22.6 Å². The molecule has 1 saturated carbocycles. The summed E-state index contributed by atoms with van der Waals surface area (Å²) in [6.45, 7) is 5.74. The molecule has 0 aromatic rings. The van der Waals surface area contributed by atoms with Crippen molar-refractivity contribution in [1.29, 1.82) is 0 Å². The maximum atomic E-state index is 10.7. The van der Waals surface area contributed by atoms with E-state index in [1.807, 2.05) is 0 Å². The summed E-state index contributed by atoms with van der Waals surface area (Å²) in [5.41, 5.74) is 0.192. The van der Waals surface area contributed by atoms with E-state index in [9.17, 15) is 4.79 Å². The van der Waals surface area contributed by atoms with Crippen molar-refractivity contribution in [3.05, 3.63) is 0 Å². The zero-order chi connectivity index (χ0) is 8.65. The molecule has 2 atom stereocenters. The van der Waals surface area contributed by atoms with Gasteiger partial charge in [0.15, 0.2) is 0 Å². The molecule has 3 heteroatoms. The standard InChI is InChI=1S/C8H13IO2/c1-5(10)11-7-6(9)4-8(7,2)3/h6-7H,4H2,1-3H3. The second-order valence-electron chi connectivity index (χ2n) is 3.74. The highest BCUT2D eigenvalue weighted by molar-refractivity contribution is 14.1. The molecule has 0 aromatic heterocycles. The number of hydrogen-bond acceptors (Lipinski definition) is 2. The van der Waals surface area contributed by atoms with Crippen LogP contribution in [0.15, 0.2) is 0 Å². The van der Waals surface area contributed by atoms with E-state index in [1.54, 1.807) is 0 Å². The average Bonchev–Trinajstić information content (AvgIpc) is 1.82. The van der Waals surface area contributed by atoms with Crippen LogP contribution < -0.4 is 0 Å². The van der Waals surface area contributed by atoms with Crippen LogP contribution in [0, 0.1) is 5.41 Å². The summed E-state index contributed by atoms with van der Waals surface area (Å²) in [5, 5.41) is 0. The molecule has 1 rings (SSSR count). The molecule has 2 unspecified atom stereocenters. The van der Waals surface area contributed by atoms with Gasteiger partial charge in [-0.1, -0.05) is 36.4 Å². The summed E-state index contributed by atoms with van der Waals surface area (Å²) >= 11 is 2.34. The number of halogens is 1. The van der Waals surface area contributed by atoms with Gasteiger partial charge in [-0.3, -0.25) is 4.79 Å². The van der Waals surface area contributed by atoms with E-state index in [1.165, 1.54) is 6.92 Å². The monoisotopic (exact) mass is 268 g/mol. The quantitative estimate of drug-likeness (QED) is 0.414. The fourth-order valence-corrected chi connectivity index (χ4v) is 3.72. The van der Waals surface area contributed by atoms with Crippen LogP contribution in [0.25, 0.3) is 0 Å². The summed E-state index contributed by atoms with van der Waals surface area (Å²) in [7, 11) is 0. The van der Waals surface area contributed by atoms with Crippen molar-refractivity contribution in [2.24, 2.45) is 5.41 Å². The van der Waals surface area contributed by atoms with E-state index < -0.39 is 0 Å². The molecule has 0 heterocycles. The lowest BCUT2D eigenvalue weighted by Gasteiger charge is -2.47. The van der Waals surface area contributed by atoms with Crippen molar-refractivity contribution in [1.82, 2.24) is 0 Å². The Balaban J connectivity index is 2.50. The Labute approximate surface area is 80.8 Å². The van der Waals surface area contributed by atoms with E-state index >= 15 is 0 Å². The van der Waals surface area contributed by atoms with Crippen LogP contribution in [-0.2, 0) is 9.53 Å². The fraction of sp³-hybridized carbons (Fsp3) is 0.875. The molecule has 64 valence electrons. The molecule has 0 aromatic carbocycles. The van der Waals surface area contributed by atoms with Crippen molar-refractivity contribution in [2.75, 3.05) is 0 Å². The minimum Gasteiger partial charge on any atom is -0.461 e. The second-order valence-corrected chi connectivity index (χ2v) is 5.34. The maximum Gasteiger partial charge on any atom is 0.302 e. The molecule has 0 N–H and O–H groups in total. The Hall–Kier alpha value is 0.200. The highest BCUT2D eigenvalue weighted by atomic mass is 127. The molecular weight excluding hydrogens is 255 g/mol. The first-order valence-corrected chi connectivity index (χ1v) is 4.99. The maximum absolute atomic E-state index is 10.7. The van der Waals surface area contributed by atoms with Gasteiger partial charge in [0.25, 0.3) is 0 Å². The van der Waals surface area contributed by atoms with Gasteiger partial charge in [0.2, 0.25) is 0 Å². The minimum absolute atomic E-state index is 0.126. The molecule has 11 heavy (non-hydrogen) atoms. The fourth-order valence-electron chi connectivity index (χ4n) is 1.47. The van der Waals surface area contributed by atoms with Crippen LogP contribution in [0.1, 0.15) is 27.2 Å². The van der Waals surface area contributed by atoms with Gasteiger partial charge < -0.3 is 4.74 Å². The van der Waals surface area contributed by atoms with Gasteiger partial charge in [-0.2, -0.15) is 0 Å². The first-order chi connectivity index (χ1) is 4.93. The zero-order valence-electron chi connectivity index (χ0n) is 7.06. The molecule has 2 nitrogen and oxygen atoms in total. The van der Waals surface area contributed by atoms with E-state index in [2.05, 4.69) is 36.4 Å². The van der Waals surface area contributed by atoms with Crippen molar-refractivity contribution >= 4 is 28.6 Å². The number of ether oxygens (including phenoxy) is 1.